The lowest BCUT2D eigenvalue weighted by atomic mass is 9.88. The van der Waals surface area contributed by atoms with Gasteiger partial charge in [0.15, 0.2) is 0 Å². The van der Waals surface area contributed by atoms with Crippen molar-refractivity contribution in [1.82, 2.24) is 4.90 Å². The van der Waals surface area contributed by atoms with E-state index in [4.69, 9.17) is 32.7 Å². The normalized spacial score (nSPS) is 22.1. The van der Waals surface area contributed by atoms with E-state index in [9.17, 15) is 15.0 Å². The second-order valence-electron chi connectivity index (χ2n) is 10.1. The van der Waals surface area contributed by atoms with Crippen LogP contribution in [0.1, 0.15) is 58.9 Å². The fraction of sp³-hybridized carbons (Fsp3) is 0.345. The van der Waals surface area contributed by atoms with E-state index in [1.807, 2.05) is 0 Å². The summed E-state index contributed by atoms with van der Waals surface area (Å²) in [6.07, 6.45) is 0.0886. The van der Waals surface area contributed by atoms with Crippen molar-refractivity contribution in [2.24, 2.45) is 0 Å². The maximum absolute atomic E-state index is 16.3. The highest BCUT2D eigenvalue weighted by atomic mass is 35.5. The lowest BCUT2D eigenvalue weighted by Gasteiger charge is -2.44. The number of amides is 1. The Morgan fingerprint density at radius 1 is 1.13 bits per heavy atom. The molecule has 9 heteroatoms. The minimum absolute atomic E-state index is 0.0112. The number of ether oxygens (including phenoxy) is 2. The van der Waals surface area contributed by atoms with Gasteiger partial charge in [-0.2, -0.15) is 0 Å². The Labute approximate surface area is 230 Å². The first-order valence-electron chi connectivity index (χ1n) is 12.3. The molecular formula is C29H28Cl2FNO5. The van der Waals surface area contributed by atoms with E-state index in [-0.39, 0.29) is 23.3 Å². The summed E-state index contributed by atoms with van der Waals surface area (Å²) < 4.78 is 28.6. The number of aliphatic hydroxyl groups excluding tert-OH is 1. The summed E-state index contributed by atoms with van der Waals surface area (Å²) in [5.41, 5.74) is -1.82. The molecule has 38 heavy (non-hydrogen) atoms. The number of fused-ring (bicyclic) bond motifs is 1. The molecule has 2 heterocycles. The maximum Gasteiger partial charge on any atom is 0.257 e. The third kappa shape index (κ3) is 4.62. The molecule has 0 aliphatic carbocycles. The van der Waals surface area contributed by atoms with Gasteiger partial charge in [-0.05, 0) is 67.8 Å². The Bertz CT molecular complexity index is 1340. The number of halogens is 3. The molecule has 0 bridgehead atoms. The van der Waals surface area contributed by atoms with Crippen molar-refractivity contribution in [2.45, 2.75) is 43.7 Å². The van der Waals surface area contributed by atoms with Crippen molar-refractivity contribution in [3.05, 3.63) is 104 Å². The summed E-state index contributed by atoms with van der Waals surface area (Å²) in [6, 6.07) is 15.2. The number of hydrogen-bond donors (Lipinski definition) is 2. The molecule has 200 valence electrons. The van der Waals surface area contributed by atoms with Crippen molar-refractivity contribution >= 4 is 29.1 Å². The second kappa shape index (κ2) is 10.2. The molecule has 0 saturated carbocycles. The van der Waals surface area contributed by atoms with Crippen molar-refractivity contribution < 1.29 is 28.9 Å². The zero-order valence-corrected chi connectivity index (χ0v) is 22.5. The predicted octanol–water partition coefficient (Wildman–Crippen LogP) is 5.56. The molecule has 5 rings (SSSR count). The molecular weight excluding hydrogens is 532 g/mol. The third-order valence-corrected chi connectivity index (χ3v) is 7.63. The van der Waals surface area contributed by atoms with Gasteiger partial charge in [0.05, 0.1) is 42.1 Å². The number of aliphatic hydroxyl groups is 2. The van der Waals surface area contributed by atoms with E-state index < -0.39 is 41.8 Å². The van der Waals surface area contributed by atoms with Crippen LogP contribution in [0.2, 0.25) is 10.0 Å². The van der Waals surface area contributed by atoms with E-state index in [0.29, 0.717) is 34.2 Å². The van der Waals surface area contributed by atoms with Crippen LogP contribution in [-0.2, 0) is 20.8 Å². The zero-order chi connectivity index (χ0) is 27.2. The molecule has 3 aromatic carbocycles. The van der Waals surface area contributed by atoms with Crippen molar-refractivity contribution in [2.75, 3.05) is 19.8 Å². The van der Waals surface area contributed by atoms with Crippen molar-refractivity contribution in [3.8, 4) is 0 Å². The highest BCUT2D eigenvalue weighted by Gasteiger charge is 2.58. The van der Waals surface area contributed by atoms with Gasteiger partial charge >= 0.3 is 0 Å². The Morgan fingerprint density at radius 3 is 2.32 bits per heavy atom. The van der Waals surface area contributed by atoms with Crippen LogP contribution in [0, 0.1) is 5.82 Å². The molecule has 1 unspecified atom stereocenters. The topological polar surface area (TPSA) is 79.2 Å². The van der Waals surface area contributed by atoms with Gasteiger partial charge in [0, 0.05) is 22.2 Å². The van der Waals surface area contributed by atoms with E-state index in [0.717, 1.165) is 0 Å². The number of benzene rings is 3. The van der Waals surface area contributed by atoms with Gasteiger partial charge < -0.3 is 19.7 Å². The van der Waals surface area contributed by atoms with Gasteiger partial charge in [-0.1, -0.05) is 47.5 Å². The Hall–Kier alpha value is -2.52. The Morgan fingerprint density at radius 2 is 1.76 bits per heavy atom. The van der Waals surface area contributed by atoms with Gasteiger partial charge in [0.25, 0.3) is 5.91 Å². The molecule has 2 N–H and O–H groups in total. The number of hydrogen-bond acceptors (Lipinski definition) is 5. The van der Waals surface area contributed by atoms with E-state index in [1.165, 1.54) is 30.9 Å². The van der Waals surface area contributed by atoms with Crippen LogP contribution >= 0.6 is 23.2 Å². The van der Waals surface area contributed by atoms with Crippen LogP contribution in [0.3, 0.4) is 0 Å². The lowest BCUT2D eigenvalue weighted by molar-refractivity contribution is -0.161. The number of rotatable bonds is 7. The zero-order valence-electron chi connectivity index (χ0n) is 21.0. The van der Waals surface area contributed by atoms with E-state index in [1.54, 1.807) is 48.5 Å². The highest BCUT2D eigenvalue weighted by molar-refractivity contribution is 6.30. The van der Waals surface area contributed by atoms with Gasteiger partial charge in [0.2, 0.25) is 5.72 Å². The fourth-order valence-corrected chi connectivity index (χ4v) is 5.49. The standard InChI is InChI=1S/C29H28Cl2FNO5/c1-28(2,36)19-13-23-26(24(32)14-19)29(38-22-11-12-37-16-22,18-5-9-21(31)10-6-18)33(27(23)35)25(15-34)17-3-7-20(30)8-4-17/h3-10,13-14,22,25,34,36H,11-12,15-16H2,1-2H3/t22-,25?,29+/m0/s1. The fourth-order valence-electron chi connectivity index (χ4n) is 5.24. The van der Waals surface area contributed by atoms with Gasteiger partial charge in [-0.15, -0.1) is 0 Å². The minimum atomic E-state index is -1.76. The van der Waals surface area contributed by atoms with Crippen LogP contribution in [0.4, 0.5) is 4.39 Å². The first-order valence-corrected chi connectivity index (χ1v) is 13.1. The molecule has 2 aliphatic rings. The Balaban J connectivity index is 1.82. The van der Waals surface area contributed by atoms with Gasteiger partial charge in [-0.25, -0.2) is 4.39 Å². The molecule has 1 fully saturated rings. The van der Waals surface area contributed by atoms with Crippen LogP contribution in [0.5, 0.6) is 0 Å². The second-order valence-corrected chi connectivity index (χ2v) is 11.0. The summed E-state index contributed by atoms with van der Waals surface area (Å²) in [4.78, 5) is 15.7. The van der Waals surface area contributed by atoms with Crippen LogP contribution < -0.4 is 0 Å². The highest BCUT2D eigenvalue weighted by Crippen LogP contribution is 2.52. The van der Waals surface area contributed by atoms with Crippen molar-refractivity contribution in [3.63, 3.8) is 0 Å². The molecule has 0 aromatic heterocycles. The first kappa shape index (κ1) is 27.1. The molecule has 6 nitrogen and oxygen atoms in total. The minimum Gasteiger partial charge on any atom is -0.394 e. The average molecular weight is 560 g/mol. The predicted molar refractivity (Wildman–Crippen MR) is 142 cm³/mol. The van der Waals surface area contributed by atoms with E-state index in [2.05, 4.69) is 0 Å². The van der Waals surface area contributed by atoms with E-state index >= 15 is 4.39 Å². The summed E-state index contributed by atoms with van der Waals surface area (Å²) >= 11 is 12.3. The molecule has 0 radical (unpaired) electrons. The van der Waals surface area contributed by atoms with Crippen LogP contribution in [-0.4, -0.2) is 46.9 Å². The summed E-state index contributed by atoms with van der Waals surface area (Å²) in [7, 11) is 0. The number of nitrogens with zero attached hydrogens (tertiary/aromatic N) is 1. The van der Waals surface area contributed by atoms with Gasteiger partial charge in [-0.3, -0.25) is 9.69 Å². The molecule has 3 aromatic rings. The van der Waals surface area contributed by atoms with Gasteiger partial charge in [0.1, 0.15) is 5.82 Å². The molecule has 1 saturated heterocycles. The quantitative estimate of drug-likeness (QED) is 0.396. The molecule has 1 amide bonds. The van der Waals surface area contributed by atoms with Crippen LogP contribution in [0.15, 0.2) is 60.7 Å². The Kier molecular flexibility index (Phi) is 7.28. The largest absolute Gasteiger partial charge is 0.394 e. The monoisotopic (exact) mass is 559 g/mol. The SMILES string of the molecule is CC(C)(O)c1cc(F)c2c(c1)C(=O)N(C(CO)c1ccc(Cl)cc1)[C@@]2(O[C@H]1CCOC1)c1ccc(Cl)cc1. The average Bonchev–Trinajstić information content (AvgIpc) is 3.47. The number of carbonyl (C=O) groups is 1. The van der Waals surface area contributed by atoms with Crippen LogP contribution in [0.25, 0.3) is 0 Å². The first-order chi connectivity index (χ1) is 18.1. The summed E-state index contributed by atoms with van der Waals surface area (Å²) in [6.45, 7) is 3.30. The summed E-state index contributed by atoms with van der Waals surface area (Å²) in [5, 5.41) is 22.3. The van der Waals surface area contributed by atoms with Crippen molar-refractivity contribution in [1.29, 1.82) is 0 Å². The maximum atomic E-state index is 16.3. The number of carbonyl (C=O) groups excluding carboxylic acids is 1. The summed E-state index contributed by atoms with van der Waals surface area (Å²) in [5.74, 6) is -1.26. The lowest BCUT2D eigenvalue weighted by Crippen LogP contribution is -2.51. The third-order valence-electron chi connectivity index (χ3n) is 7.12. The molecule has 3 atom stereocenters. The molecule has 0 spiro atoms. The smallest absolute Gasteiger partial charge is 0.257 e. The molecule has 2 aliphatic heterocycles.